The lowest BCUT2D eigenvalue weighted by Crippen LogP contribution is -2.49. The average Bonchev–Trinajstić information content (AvgIpc) is 3.14. The van der Waals surface area contributed by atoms with Crippen LogP contribution in [-0.4, -0.2) is 40.4 Å². The van der Waals surface area contributed by atoms with Gasteiger partial charge in [-0.15, -0.1) is 12.4 Å². The number of nitrogens with zero attached hydrogens (tertiary/aromatic N) is 3. The number of benzene rings is 1. The van der Waals surface area contributed by atoms with E-state index < -0.39 is 0 Å². The number of hydrogen-bond acceptors (Lipinski definition) is 3. The number of piperazine rings is 1. The number of fused-ring (bicyclic) bond motifs is 1. The van der Waals surface area contributed by atoms with E-state index in [1.807, 2.05) is 16.8 Å². The van der Waals surface area contributed by atoms with Crippen LogP contribution in [-0.2, 0) is 19.4 Å². The van der Waals surface area contributed by atoms with Crippen LogP contribution in [0.2, 0.25) is 0 Å². The minimum atomic E-state index is -0.201. The molecule has 1 atom stereocenters. The molecule has 1 aliphatic heterocycles. The quantitative estimate of drug-likeness (QED) is 0.924. The SMILES string of the molecule is C[C@@H]1CNCCN1Cc1nn(-c2ccc(F)cc2)c2c1CCC2.Cl. The van der Waals surface area contributed by atoms with Crippen molar-refractivity contribution < 1.29 is 4.39 Å². The Morgan fingerprint density at radius 1 is 1.25 bits per heavy atom. The van der Waals surface area contributed by atoms with E-state index in [0.717, 1.165) is 44.7 Å². The second-order valence-electron chi connectivity index (χ2n) is 6.64. The second kappa shape index (κ2) is 7.21. The summed E-state index contributed by atoms with van der Waals surface area (Å²) in [6, 6.07) is 7.19. The first-order valence-electron chi connectivity index (χ1n) is 8.53. The topological polar surface area (TPSA) is 33.1 Å². The number of rotatable bonds is 3. The fraction of sp³-hybridized carbons (Fsp3) is 0.500. The van der Waals surface area contributed by atoms with Gasteiger partial charge in [-0.3, -0.25) is 4.90 Å². The van der Waals surface area contributed by atoms with Crippen LogP contribution >= 0.6 is 12.4 Å². The van der Waals surface area contributed by atoms with Crippen LogP contribution in [0.3, 0.4) is 0 Å². The zero-order valence-corrected chi connectivity index (χ0v) is 14.8. The lowest BCUT2D eigenvalue weighted by Gasteiger charge is -2.33. The molecule has 2 aliphatic rings. The molecule has 2 aromatic rings. The van der Waals surface area contributed by atoms with E-state index in [1.165, 1.54) is 35.5 Å². The van der Waals surface area contributed by atoms with Gasteiger partial charge in [0.1, 0.15) is 5.82 Å². The fourth-order valence-corrected chi connectivity index (χ4v) is 3.75. The molecule has 0 saturated carbocycles. The molecule has 24 heavy (non-hydrogen) atoms. The molecule has 0 unspecified atom stereocenters. The highest BCUT2D eigenvalue weighted by atomic mass is 35.5. The largest absolute Gasteiger partial charge is 0.314 e. The number of aromatic nitrogens is 2. The van der Waals surface area contributed by atoms with E-state index in [2.05, 4.69) is 17.1 Å². The predicted octanol–water partition coefficient (Wildman–Crippen LogP) is 2.72. The van der Waals surface area contributed by atoms with Crippen molar-refractivity contribution in [2.75, 3.05) is 19.6 Å². The van der Waals surface area contributed by atoms with Crippen LogP contribution in [0, 0.1) is 5.82 Å². The third-order valence-corrected chi connectivity index (χ3v) is 5.08. The standard InChI is InChI=1S/C18H23FN4.ClH/c1-13-11-20-9-10-22(13)12-17-16-3-2-4-18(16)23(21-17)15-7-5-14(19)6-8-15;/h5-8,13,20H,2-4,9-12H2,1H3;1H/t13-;/m1./s1. The summed E-state index contributed by atoms with van der Waals surface area (Å²) in [6.45, 7) is 6.34. The van der Waals surface area contributed by atoms with Crippen molar-refractivity contribution in [3.8, 4) is 5.69 Å². The van der Waals surface area contributed by atoms with Crippen molar-refractivity contribution in [1.82, 2.24) is 20.0 Å². The Morgan fingerprint density at radius 2 is 2.04 bits per heavy atom. The Labute approximate surface area is 148 Å². The highest BCUT2D eigenvalue weighted by Crippen LogP contribution is 2.29. The fourth-order valence-electron chi connectivity index (χ4n) is 3.75. The van der Waals surface area contributed by atoms with E-state index >= 15 is 0 Å². The number of nitrogens with one attached hydrogen (secondary N) is 1. The molecule has 0 radical (unpaired) electrons. The van der Waals surface area contributed by atoms with Gasteiger partial charge in [0.05, 0.1) is 11.4 Å². The molecule has 130 valence electrons. The van der Waals surface area contributed by atoms with E-state index in [9.17, 15) is 4.39 Å². The first-order valence-corrected chi connectivity index (χ1v) is 8.53. The van der Waals surface area contributed by atoms with E-state index in [4.69, 9.17) is 5.10 Å². The molecule has 4 nitrogen and oxygen atoms in total. The highest BCUT2D eigenvalue weighted by Gasteiger charge is 2.26. The van der Waals surface area contributed by atoms with Crippen molar-refractivity contribution in [2.24, 2.45) is 0 Å². The van der Waals surface area contributed by atoms with Gasteiger partial charge >= 0.3 is 0 Å². The lowest BCUT2D eigenvalue weighted by atomic mass is 10.1. The summed E-state index contributed by atoms with van der Waals surface area (Å²) >= 11 is 0. The van der Waals surface area contributed by atoms with Crippen molar-refractivity contribution >= 4 is 12.4 Å². The van der Waals surface area contributed by atoms with Gasteiger partial charge in [0.2, 0.25) is 0 Å². The maximum atomic E-state index is 13.2. The van der Waals surface area contributed by atoms with Crippen LogP contribution in [0.1, 0.15) is 30.3 Å². The van der Waals surface area contributed by atoms with Gasteiger partial charge in [-0.1, -0.05) is 0 Å². The van der Waals surface area contributed by atoms with Crippen molar-refractivity contribution in [3.05, 3.63) is 47.0 Å². The van der Waals surface area contributed by atoms with Crippen molar-refractivity contribution in [1.29, 1.82) is 0 Å². The van der Waals surface area contributed by atoms with Crippen LogP contribution in [0.5, 0.6) is 0 Å². The Hall–Kier alpha value is -1.43. The molecule has 6 heteroatoms. The van der Waals surface area contributed by atoms with Gasteiger partial charge in [-0.2, -0.15) is 5.10 Å². The van der Waals surface area contributed by atoms with E-state index in [0.29, 0.717) is 6.04 Å². The molecule has 1 aliphatic carbocycles. The zero-order valence-electron chi connectivity index (χ0n) is 14.0. The average molecular weight is 351 g/mol. The van der Waals surface area contributed by atoms with E-state index in [1.54, 1.807) is 0 Å². The molecule has 0 spiro atoms. The summed E-state index contributed by atoms with van der Waals surface area (Å²) in [5.74, 6) is -0.201. The molecular weight excluding hydrogens is 327 g/mol. The van der Waals surface area contributed by atoms with Crippen LogP contribution in [0.15, 0.2) is 24.3 Å². The minimum absolute atomic E-state index is 0. The first kappa shape index (κ1) is 17.4. The molecule has 0 bridgehead atoms. The molecule has 1 N–H and O–H groups in total. The third kappa shape index (κ3) is 3.21. The number of halogens is 2. The molecule has 1 fully saturated rings. The summed E-state index contributed by atoms with van der Waals surface area (Å²) in [7, 11) is 0. The smallest absolute Gasteiger partial charge is 0.123 e. The first-order chi connectivity index (χ1) is 11.2. The Balaban J connectivity index is 0.00000169. The normalized spacial score (nSPS) is 20.7. The van der Waals surface area contributed by atoms with Crippen LogP contribution in [0.25, 0.3) is 5.69 Å². The number of hydrogen-bond donors (Lipinski definition) is 1. The van der Waals surface area contributed by atoms with Crippen LogP contribution in [0.4, 0.5) is 4.39 Å². The van der Waals surface area contributed by atoms with Crippen molar-refractivity contribution in [2.45, 2.75) is 38.8 Å². The van der Waals surface area contributed by atoms with Gasteiger partial charge in [0.15, 0.2) is 0 Å². The zero-order chi connectivity index (χ0) is 15.8. The van der Waals surface area contributed by atoms with Gasteiger partial charge in [0, 0.05) is 37.9 Å². The van der Waals surface area contributed by atoms with Gasteiger partial charge < -0.3 is 5.32 Å². The summed E-state index contributed by atoms with van der Waals surface area (Å²) in [5, 5.41) is 8.33. The predicted molar refractivity (Wildman–Crippen MR) is 95.5 cm³/mol. The molecule has 0 amide bonds. The summed E-state index contributed by atoms with van der Waals surface area (Å²) in [6.07, 6.45) is 3.38. The molecule has 1 aromatic carbocycles. The monoisotopic (exact) mass is 350 g/mol. The molecular formula is C18H24ClFN4. The summed E-state index contributed by atoms with van der Waals surface area (Å²) < 4.78 is 15.2. The molecule has 1 aromatic heterocycles. The minimum Gasteiger partial charge on any atom is -0.314 e. The maximum absolute atomic E-state index is 13.2. The Kier molecular flexibility index (Phi) is 5.23. The second-order valence-corrected chi connectivity index (χ2v) is 6.64. The molecule has 1 saturated heterocycles. The Morgan fingerprint density at radius 3 is 2.79 bits per heavy atom. The van der Waals surface area contributed by atoms with E-state index in [-0.39, 0.29) is 18.2 Å². The van der Waals surface area contributed by atoms with Gasteiger partial charge in [-0.25, -0.2) is 9.07 Å². The molecule has 2 heterocycles. The molecule has 4 rings (SSSR count). The van der Waals surface area contributed by atoms with Crippen LogP contribution < -0.4 is 5.32 Å². The third-order valence-electron chi connectivity index (χ3n) is 5.08. The lowest BCUT2D eigenvalue weighted by molar-refractivity contribution is 0.163. The van der Waals surface area contributed by atoms with Gasteiger partial charge in [-0.05, 0) is 56.0 Å². The Bertz CT molecular complexity index is 698. The summed E-state index contributed by atoms with van der Waals surface area (Å²) in [4.78, 5) is 2.51. The van der Waals surface area contributed by atoms with Gasteiger partial charge in [0.25, 0.3) is 0 Å². The highest BCUT2D eigenvalue weighted by molar-refractivity contribution is 5.85. The van der Waals surface area contributed by atoms with Crippen molar-refractivity contribution in [3.63, 3.8) is 0 Å². The maximum Gasteiger partial charge on any atom is 0.123 e. The summed E-state index contributed by atoms with van der Waals surface area (Å²) in [5.41, 5.74) is 4.90.